The first kappa shape index (κ1) is 21.7. The maximum Gasteiger partial charge on any atom is 0.242 e. The average molecular weight is 458 g/mol. The van der Waals surface area contributed by atoms with E-state index >= 15 is 0 Å². The van der Waals surface area contributed by atoms with E-state index in [2.05, 4.69) is 20.9 Å². The second-order valence-corrected chi connectivity index (χ2v) is 9.13. The first-order chi connectivity index (χ1) is 15.0. The van der Waals surface area contributed by atoms with Crippen molar-refractivity contribution in [2.45, 2.75) is 12.6 Å². The molecular formula is C22H24ClN5O2S. The SMILES string of the molecule is COCC1C(=O)N(Cc2ccc3c(N)ncnc3c2)CCN1C/C=C/c1ccc(Cl)s1. The summed E-state index contributed by atoms with van der Waals surface area (Å²) >= 11 is 7.52. The molecule has 0 bridgehead atoms. The van der Waals surface area contributed by atoms with Crippen molar-refractivity contribution in [2.75, 3.05) is 39.1 Å². The van der Waals surface area contributed by atoms with Crippen LogP contribution in [0.1, 0.15) is 10.4 Å². The summed E-state index contributed by atoms with van der Waals surface area (Å²) in [4.78, 5) is 26.7. The van der Waals surface area contributed by atoms with Crippen LogP contribution in [0.3, 0.4) is 0 Å². The Bertz CT molecular complexity index is 1100. The van der Waals surface area contributed by atoms with E-state index in [9.17, 15) is 4.79 Å². The molecule has 1 unspecified atom stereocenters. The van der Waals surface area contributed by atoms with E-state index in [1.165, 1.54) is 17.7 Å². The number of halogens is 1. The number of thiophene rings is 1. The van der Waals surface area contributed by atoms with Gasteiger partial charge in [0.15, 0.2) is 0 Å². The number of amides is 1. The van der Waals surface area contributed by atoms with E-state index < -0.39 is 0 Å². The quantitative estimate of drug-likeness (QED) is 0.586. The number of anilines is 1. The fourth-order valence-corrected chi connectivity index (χ4v) is 4.75. The zero-order valence-corrected chi connectivity index (χ0v) is 18.8. The van der Waals surface area contributed by atoms with E-state index in [0.717, 1.165) is 32.2 Å². The number of nitrogen functional groups attached to an aromatic ring is 1. The van der Waals surface area contributed by atoms with Gasteiger partial charge in [0.25, 0.3) is 0 Å². The van der Waals surface area contributed by atoms with Crippen LogP contribution in [0.5, 0.6) is 0 Å². The number of piperazine rings is 1. The molecule has 1 aromatic carbocycles. The van der Waals surface area contributed by atoms with Crippen molar-refractivity contribution in [1.29, 1.82) is 0 Å². The number of carbonyl (C=O) groups excluding carboxylic acids is 1. The van der Waals surface area contributed by atoms with Crippen molar-refractivity contribution in [1.82, 2.24) is 19.8 Å². The highest BCUT2D eigenvalue weighted by Gasteiger charge is 2.34. The highest BCUT2D eigenvalue weighted by Crippen LogP contribution is 2.23. The summed E-state index contributed by atoms with van der Waals surface area (Å²) in [5.74, 6) is 0.530. The number of methoxy groups -OCH3 is 1. The Kier molecular flexibility index (Phi) is 6.82. The Balaban J connectivity index is 1.44. The summed E-state index contributed by atoms with van der Waals surface area (Å²) < 4.78 is 6.13. The molecule has 0 radical (unpaired) electrons. The number of hydrogen-bond donors (Lipinski definition) is 1. The molecule has 2 N–H and O–H groups in total. The molecule has 3 aromatic rings. The van der Waals surface area contributed by atoms with Gasteiger partial charge in [-0.15, -0.1) is 11.3 Å². The maximum atomic E-state index is 13.2. The smallest absolute Gasteiger partial charge is 0.242 e. The second-order valence-electron chi connectivity index (χ2n) is 7.38. The minimum Gasteiger partial charge on any atom is -0.383 e. The highest BCUT2D eigenvalue weighted by molar-refractivity contribution is 7.16. The van der Waals surface area contributed by atoms with Crippen molar-refractivity contribution < 1.29 is 9.53 Å². The number of ether oxygens (including phenoxy) is 1. The molecule has 9 heteroatoms. The summed E-state index contributed by atoms with van der Waals surface area (Å²) in [6, 6.07) is 9.41. The molecule has 1 amide bonds. The van der Waals surface area contributed by atoms with Crippen molar-refractivity contribution >= 4 is 51.6 Å². The van der Waals surface area contributed by atoms with Crippen LogP contribution in [0.15, 0.2) is 42.7 Å². The molecule has 0 saturated carbocycles. The lowest BCUT2D eigenvalue weighted by atomic mass is 10.1. The van der Waals surface area contributed by atoms with E-state index in [-0.39, 0.29) is 11.9 Å². The van der Waals surface area contributed by atoms with E-state index in [4.69, 9.17) is 22.1 Å². The summed E-state index contributed by atoms with van der Waals surface area (Å²) in [6.07, 6.45) is 5.57. The van der Waals surface area contributed by atoms with Gasteiger partial charge in [0.1, 0.15) is 18.2 Å². The largest absolute Gasteiger partial charge is 0.383 e. The molecule has 1 atom stereocenters. The molecule has 2 aromatic heterocycles. The number of rotatable bonds is 7. The van der Waals surface area contributed by atoms with Crippen molar-refractivity contribution in [3.63, 3.8) is 0 Å². The standard InChI is InChI=1S/C22H24ClN5O2S/c1-30-13-19-22(29)28(10-9-27(19)8-2-3-16-5-7-20(23)31-16)12-15-4-6-17-18(11-15)25-14-26-21(17)24/h2-7,11,14,19H,8-10,12-13H2,1H3,(H2,24,25,26)/b3-2+. The lowest BCUT2D eigenvalue weighted by Gasteiger charge is -2.40. The van der Waals surface area contributed by atoms with E-state index in [1.807, 2.05) is 41.3 Å². The third-order valence-corrected chi connectivity index (χ3v) is 6.54. The molecule has 1 saturated heterocycles. The lowest BCUT2D eigenvalue weighted by molar-refractivity contribution is -0.144. The monoisotopic (exact) mass is 457 g/mol. The van der Waals surface area contributed by atoms with Gasteiger partial charge in [0.2, 0.25) is 5.91 Å². The van der Waals surface area contributed by atoms with Crippen LogP contribution < -0.4 is 5.73 Å². The van der Waals surface area contributed by atoms with Gasteiger partial charge < -0.3 is 15.4 Å². The Morgan fingerprint density at radius 3 is 2.94 bits per heavy atom. The van der Waals surface area contributed by atoms with Crippen LogP contribution >= 0.6 is 22.9 Å². The van der Waals surface area contributed by atoms with Crippen LogP contribution in [0.25, 0.3) is 17.0 Å². The third kappa shape index (κ3) is 5.04. The lowest BCUT2D eigenvalue weighted by Crippen LogP contribution is -2.58. The minimum atomic E-state index is -0.311. The molecule has 1 aliphatic rings. The topological polar surface area (TPSA) is 84.6 Å². The fraction of sp³-hybridized carbons (Fsp3) is 0.318. The predicted molar refractivity (Wildman–Crippen MR) is 125 cm³/mol. The number of carbonyl (C=O) groups is 1. The fourth-order valence-electron chi connectivity index (χ4n) is 3.76. The molecule has 3 heterocycles. The van der Waals surface area contributed by atoms with Gasteiger partial charge in [-0.05, 0) is 35.9 Å². The average Bonchev–Trinajstić information content (AvgIpc) is 3.17. The van der Waals surface area contributed by atoms with Crippen LogP contribution in [-0.2, 0) is 16.1 Å². The first-order valence-electron chi connectivity index (χ1n) is 9.98. The Labute approximate surface area is 190 Å². The van der Waals surface area contributed by atoms with Crippen molar-refractivity contribution in [3.05, 3.63) is 57.5 Å². The minimum absolute atomic E-state index is 0.0722. The molecule has 0 spiro atoms. The Morgan fingerprint density at radius 1 is 1.29 bits per heavy atom. The molecular weight excluding hydrogens is 434 g/mol. The highest BCUT2D eigenvalue weighted by atomic mass is 35.5. The molecule has 31 heavy (non-hydrogen) atoms. The van der Waals surface area contributed by atoms with Crippen LogP contribution in [-0.4, -0.2) is 65.1 Å². The summed E-state index contributed by atoms with van der Waals surface area (Å²) in [7, 11) is 1.63. The van der Waals surface area contributed by atoms with Crippen molar-refractivity contribution in [3.8, 4) is 0 Å². The van der Waals surface area contributed by atoms with E-state index in [1.54, 1.807) is 7.11 Å². The zero-order valence-electron chi connectivity index (χ0n) is 17.2. The molecule has 7 nitrogen and oxygen atoms in total. The van der Waals surface area contributed by atoms with Gasteiger partial charge in [-0.25, -0.2) is 9.97 Å². The summed E-state index contributed by atoms with van der Waals surface area (Å²) in [5, 5.41) is 0.818. The number of hydrogen-bond acceptors (Lipinski definition) is 7. The maximum absolute atomic E-state index is 13.2. The number of aromatic nitrogens is 2. The van der Waals surface area contributed by atoms with Gasteiger partial charge in [-0.3, -0.25) is 9.69 Å². The van der Waals surface area contributed by atoms with Crippen LogP contribution in [0, 0.1) is 0 Å². The second kappa shape index (κ2) is 9.74. The van der Waals surface area contributed by atoms with Gasteiger partial charge in [0, 0.05) is 43.6 Å². The molecule has 0 aliphatic carbocycles. The number of fused-ring (bicyclic) bond motifs is 1. The summed E-state index contributed by atoms with van der Waals surface area (Å²) in [5.41, 5.74) is 7.70. The number of nitrogens with two attached hydrogens (primary N) is 1. The number of benzene rings is 1. The molecule has 4 rings (SSSR count). The molecule has 1 aliphatic heterocycles. The van der Waals surface area contributed by atoms with E-state index in [0.29, 0.717) is 32.1 Å². The van der Waals surface area contributed by atoms with Crippen LogP contribution in [0.4, 0.5) is 5.82 Å². The normalized spacial score (nSPS) is 17.8. The number of nitrogens with zero attached hydrogens (tertiary/aromatic N) is 4. The van der Waals surface area contributed by atoms with Crippen molar-refractivity contribution in [2.24, 2.45) is 0 Å². The van der Waals surface area contributed by atoms with Gasteiger partial charge in [0.05, 0.1) is 16.5 Å². The van der Waals surface area contributed by atoms with Gasteiger partial charge >= 0.3 is 0 Å². The Hall–Kier alpha value is -2.52. The molecule has 1 fully saturated rings. The predicted octanol–water partition coefficient (Wildman–Crippen LogP) is 3.30. The molecule has 162 valence electrons. The third-order valence-electron chi connectivity index (χ3n) is 5.34. The van der Waals surface area contributed by atoms with Crippen LogP contribution in [0.2, 0.25) is 4.34 Å². The Morgan fingerprint density at radius 2 is 2.16 bits per heavy atom. The first-order valence-corrected chi connectivity index (χ1v) is 11.2. The van der Waals surface area contributed by atoms with Gasteiger partial charge in [-0.1, -0.05) is 23.7 Å². The van der Waals surface area contributed by atoms with Gasteiger partial charge in [-0.2, -0.15) is 0 Å². The zero-order chi connectivity index (χ0) is 21.8. The summed E-state index contributed by atoms with van der Waals surface area (Å²) in [6.45, 7) is 2.99.